The summed E-state index contributed by atoms with van der Waals surface area (Å²) >= 11 is 0. The number of aliphatic hydroxyl groups excluding tert-OH is 1. The van der Waals surface area contributed by atoms with E-state index < -0.39 is 0 Å². The highest BCUT2D eigenvalue weighted by Gasteiger charge is 2.45. The molecule has 43 heavy (non-hydrogen) atoms. The molecule has 248 valence electrons. The Balaban J connectivity index is 1.50. The monoisotopic (exact) mass is 606 g/mol. The summed E-state index contributed by atoms with van der Waals surface area (Å²) in [6.07, 6.45) is 27.8. The third-order valence-corrected chi connectivity index (χ3v) is 9.47. The molecule has 1 saturated carbocycles. The van der Waals surface area contributed by atoms with Gasteiger partial charge < -0.3 is 33.5 Å². The minimum absolute atomic E-state index is 0.0313. The van der Waals surface area contributed by atoms with Crippen molar-refractivity contribution in [2.45, 2.75) is 173 Å². The van der Waals surface area contributed by atoms with Crippen LogP contribution in [0.15, 0.2) is 24.3 Å². The average molecular weight is 607 g/mol. The van der Waals surface area contributed by atoms with E-state index in [9.17, 15) is 5.11 Å². The normalized spacial score (nSPS) is 33.8. The van der Waals surface area contributed by atoms with Gasteiger partial charge in [0.05, 0.1) is 24.4 Å². The molecule has 0 aromatic rings. The van der Waals surface area contributed by atoms with Crippen LogP contribution in [0, 0.1) is 11.8 Å². The molecule has 0 bridgehead atoms. The average Bonchev–Trinajstić information content (AvgIpc) is 3.33. The Hall–Kier alpha value is -0.800. The van der Waals surface area contributed by atoms with E-state index in [0.717, 1.165) is 116 Å². The van der Waals surface area contributed by atoms with Crippen LogP contribution in [-0.2, 0) is 28.4 Å². The number of allylic oxidation sites excluding steroid dienone is 2. The van der Waals surface area contributed by atoms with E-state index in [-0.39, 0.29) is 55.1 Å². The minimum Gasteiger partial charge on any atom is -0.393 e. The lowest BCUT2D eigenvalue weighted by atomic mass is 9.89. The highest BCUT2D eigenvalue weighted by atomic mass is 16.7. The Labute approximate surface area is 262 Å². The van der Waals surface area contributed by atoms with Crippen molar-refractivity contribution < 1.29 is 33.5 Å². The Bertz CT molecular complexity index is 768. The predicted molar refractivity (Wildman–Crippen MR) is 170 cm³/mol. The van der Waals surface area contributed by atoms with Crippen LogP contribution in [0.1, 0.15) is 129 Å². The van der Waals surface area contributed by atoms with Crippen molar-refractivity contribution in [3.8, 4) is 0 Å². The van der Waals surface area contributed by atoms with Crippen LogP contribution < -0.4 is 0 Å². The van der Waals surface area contributed by atoms with Gasteiger partial charge in [0.25, 0.3) is 0 Å². The second-order valence-corrected chi connectivity index (χ2v) is 13.3. The number of aliphatic hydroxyl groups is 1. The number of ether oxygens (including phenoxy) is 6. The molecule has 3 aliphatic heterocycles. The van der Waals surface area contributed by atoms with Crippen LogP contribution in [0.4, 0.5) is 0 Å². The van der Waals surface area contributed by atoms with Gasteiger partial charge in [-0.15, -0.1) is 0 Å². The van der Waals surface area contributed by atoms with Crippen LogP contribution >= 0.6 is 0 Å². The maximum absolute atomic E-state index is 9.64. The zero-order chi connectivity index (χ0) is 30.1. The van der Waals surface area contributed by atoms with E-state index in [2.05, 4.69) is 31.2 Å². The van der Waals surface area contributed by atoms with Crippen molar-refractivity contribution in [2.24, 2.45) is 11.8 Å². The molecular formula is C36H62O7. The van der Waals surface area contributed by atoms with Crippen LogP contribution in [0.5, 0.6) is 0 Å². The van der Waals surface area contributed by atoms with E-state index in [1.807, 2.05) is 6.92 Å². The Kier molecular flexibility index (Phi) is 16.6. The molecule has 1 N–H and O–H groups in total. The molecule has 3 saturated heterocycles. The summed E-state index contributed by atoms with van der Waals surface area (Å²) in [5, 5.41) is 9.64. The molecule has 0 aromatic carbocycles. The Morgan fingerprint density at radius 2 is 1.42 bits per heavy atom. The zero-order valence-electron chi connectivity index (χ0n) is 27.3. The third kappa shape index (κ3) is 12.8. The second-order valence-electron chi connectivity index (χ2n) is 13.3. The summed E-state index contributed by atoms with van der Waals surface area (Å²) in [5.74, 6) is 0.483. The maximum atomic E-state index is 9.64. The first-order chi connectivity index (χ1) is 21.1. The third-order valence-electron chi connectivity index (χ3n) is 9.47. The van der Waals surface area contributed by atoms with Gasteiger partial charge in [-0.05, 0) is 103 Å². The van der Waals surface area contributed by atoms with Crippen molar-refractivity contribution in [3.05, 3.63) is 24.3 Å². The molecular weight excluding hydrogens is 544 g/mol. The first-order valence-corrected chi connectivity index (χ1v) is 17.9. The summed E-state index contributed by atoms with van der Waals surface area (Å²) in [6.45, 7) is 6.47. The quantitative estimate of drug-likeness (QED) is 0.125. The van der Waals surface area contributed by atoms with Gasteiger partial charge in [0.2, 0.25) is 0 Å². The molecule has 4 aliphatic rings. The van der Waals surface area contributed by atoms with Crippen LogP contribution in [0.2, 0.25) is 0 Å². The highest BCUT2D eigenvalue weighted by Crippen LogP contribution is 2.42. The van der Waals surface area contributed by atoms with Gasteiger partial charge in [-0.1, -0.05) is 50.5 Å². The fourth-order valence-electron chi connectivity index (χ4n) is 6.96. The zero-order valence-corrected chi connectivity index (χ0v) is 27.3. The maximum Gasteiger partial charge on any atom is 0.158 e. The number of rotatable bonds is 18. The lowest BCUT2D eigenvalue weighted by molar-refractivity contribution is -0.203. The number of unbranched alkanes of at least 4 members (excludes halogenated alkanes) is 3. The molecule has 4 rings (SSSR count). The first kappa shape index (κ1) is 35.1. The predicted octanol–water partition coefficient (Wildman–Crippen LogP) is 7.99. The molecule has 3 heterocycles. The summed E-state index contributed by atoms with van der Waals surface area (Å²) < 4.78 is 38.1. The van der Waals surface area contributed by atoms with Gasteiger partial charge in [0, 0.05) is 32.2 Å². The van der Waals surface area contributed by atoms with E-state index in [0.29, 0.717) is 0 Å². The number of hydrogen-bond donors (Lipinski definition) is 1. The molecule has 7 heteroatoms. The number of hydrogen-bond acceptors (Lipinski definition) is 7. The van der Waals surface area contributed by atoms with Gasteiger partial charge in [0.15, 0.2) is 18.9 Å². The highest BCUT2D eigenvalue weighted by molar-refractivity contribution is 5.07. The van der Waals surface area contributed by atoms with Gasteiger partial charge in [-0.3, -0.25) is 0 Å². The van der Waals surface area contributed by atoms with Gasteiger partial charge >= 0.3 is 0 Å². The topological polar surface area (TPSA) is 75.6 Å². The van der Waals surface area contributed by atoms with Crippen LogP contribution in [0.3, 0.4) is 0 Å². The Morgan fingerprint density at radius 1 is 0.767 bits per heavy atom. The minimum atomic E-state index is -0.238. The fourth-order valence-corrected chi connectivity index (χ4v) is 6.96. The molecule has 4 fully saturated rings. The van der Waals surface area contributed by atoms with Crippen molar-refractivity contribution in [2.75, 3.05) is 19.8 Å². The smallest absolute Gasteiger partial charge is 0.158 e. The molecule has 0 spiro atoms. The first-order valence-electron chi connectivity index (χ1n) is 17.9. The summed E-state index contributed by atoms with van der Waals surface area (Å²) in [7, 11) is 0. The van der Waals surface area contributed by atoms with Crippen molar-refractivity contribution in [1.29, 1.82) is 0 Å². The standard InChI is InChI=1S/C36H62O7/c1-3-4-7-17-29(41-34-19-10-13-24-38-34)22-23-31-30(18-9-6-5-8-16-28(2)37)32(42-35-20-11-14-25-39-35)27-33(31)43-36-21-12-15-26-40-36/h6,9,22-23,28-37H,3-5,7-8,10-21,24-27H2,1-2H3/t28?,29-,30+,31+,32-,33+,34?,35?,36?/m0/s1. The summed E-state index contributed by atoms with van der Waals surface area (Å²) in [4.78, 5) is 0. The van der Waals surface area contributed by atoms with E-state index in [4.69, 9.17) is 28.4 Å². The molecule has 4 unspecified atom stereocenters. The lowest BCUT2D eigenvalue weighted by Crippen LogP contribution is -2.31. The Morgan fingerprint density at radius 3 is 2.02 bits per heavy atom. The fraction of sp³-hybridized carbons (Fsp3) is 0.889. The van der Waals surface area contributed by atoms with Crippen molar-refractivity contribution in [1.82, 2.24) is 0 Å². The van der Waals surface area contributed by atoms with E-state index in [1.165, 1.54) is 19.3 Å². The molecule has 0 radical (unpaired) electrons. The van der Waals surface area contributed by atoms with Gasteiger partial charge in [-0.2, -0.15) is 0 Å². The SMILES string of the molecule is CCCCC[C@@H](C=C[C@@H]1[C@@H](CC=CCCCC(C)O)[C@@H](OC2CCCCO2)C[C@H]1OC1CCCCO1)OC1CCCCO1. The second kappa shape index (κ2) is 20.3. The van der Waals surface area contributed by atoms with Gasteiger partial charge in [0.1, 0.15) is 0 Å². The van der Waals surface area contributed by atoms with Crippen molar-refractivity contribution in [3.63, 3.8) is 0 Å². The molecule has 1 aliphatic carbocycles. The van der Waals surface area contributed by atoms with Crippen LogP contribution in [-0.4, -0.2) is 68.2 Å². The lowest BCUT2D eigenvalue weighted by Gasteiger charge is -2.30. The van der Waals surface area contributed by atoms with E-state index >= 15 is 0 Å². The van der Waals surface area contributed by atoms with Crippen molar-refractivity contribution >= 4 is 0 Å². The summed E-state index contributed by atoms with van der Waals surface area (Å²) in [5.41, 5.74) is 0. The molecule has 0 amide bonds. The largest absolute Gasteiger partial charge is 0.393 e. The van der Waals surface area contributed by atoms with E-state index in [1.54, 1.807) is 0 Å². The summed E-state index contributed by atoms with van der Waals surface area (Å²) in [6, 6.07) is 0. The molecule has 9 atom stereocenters. The van der Waals surface area contributed by atoms with Gasteiger partial charge in [-0.25, -0.2) is 0 Å². The van der Waals surface area contributed by atoms with Crippen LogP contribution in [0.25, 0.3) is 0 Å². The molecule has 0 aromatic heterocycles. The molecule has 7 nitrogen and oxygen atoms in total.